The van der Waals surface area contributed by atoms with Crippen molar-refractivity contribution in [1.82, 2.24) is 19.7 Å². The highest BCUT2D eigenvalue weighted by atomic mass is 16.8. The molecule has 0 saturated carbocycles. The summed E-state index contributed by atoms with van der Waals surface area (Å²) in [6.07, 6.45) is 1.12. The van der Waals surface area contributed by atoms with Gasteiger partial charge in [-0.2, -0.15) is 10.1 Å². The molecule has 2 aromatic rings. The maximum absolute atomic E-state index is 12.0. The molecule has 0 radical (unpaired) electrons. The van der Waals surface area contributed by atoms with Gasteiger partial charge in [-0.3, -0.25) is 9.78 Å². The fourth-order valence-electron chi connectivity index (χ4n) is 3.32. The molecule has 4 rings (SSSR count). The van der Waals surface area contributed by atoms with Gasteiger partial charge in [0.2, 0.25) is 5.95 Å². The normalized spacial score (nSPS) is 32.5. The minimum absolute atomic E-state index is 0.0368. The van der Waals surface area contributed by atoms with Gasteiger partial charge in [-0.15, -0.1) is 0 Å². The van der Waals surface area contributed by atoms with Crippen LogP contribution in [-0.4, -0.2) is 43.8 Å². The number of H-pyrrole nitrogens is 1. The van der Waals surface area contributed by atoms with Crippen molar-refractivity contribution >= 4 is 17.0 Å². The van der Waals surface area contributed by atoms with Crippen molar-refractivity contribution < 1.29 is 14.2 Å². The first-order valence-corrected chi connectivity index (χ1v) is 7.64. The van der Waals surface area contributed by atoms with Crippen LogP contribution in [0.25, 0.3) is 11.0 Å². The number of rotatable bonds is 2. The van der Waals surface area contributed by atoms with Crippen molar-refractivity contribution in [1.29, 1.82) is 0 Å². The minimum atomic E-state index is -0.683. The zero-order valence-corrected chi connectivity index (χ0v) is 13.1. The van der Waals surface area contributed by atoms with Crippen LogP contribution in [0.5, 0.6) is 0 Å². The molecule has 3 N–H and O–H groups in total. The van der Waals surface area contributed by atoms with E-state index in [1.54, 1.807) is 4.68 Å². The molecule has 2 aliphatic heterocycles. The van der Waals surface area contributed by atoms with Crippen molar-refractivity contribution in [3.63, 3.8) is 0 Å². The number of aromatic amines is 1. The fraction of sp³-hybridized carbons (Fsp3) is 0.643. The molecule has 1 unspecified atom stereocenters. The largest absolute Gasteiger partial charge is 0.369 e. The predicted octanol–water partition coefficient (Wildman–Crippen LogP) is 0.529. The van der Waals surface area contributed by atoms with Crippen LogP contribution >= 0.6 is 0 Å². The summed E-state index contributed by atoms with van der Waals surface area (Å²) in [5.74, 6) is -0.646. The van der Waals surface area contributed by atoms with Crippen molar-refractivity contribution in [3.05, 3.63) is 16.6 Å². The molecule has 9 heteroatoms. The molecule has 2 aromatic heterocycles. The summed E-state index contributed by atoms with van der Waals surface area (Å²) in [5.41, 5.74) is 5.70. The van der Waals surface area contributed by atoms with Crippen LogP contribution in [0.3, 0.4) is 0 Å². The Balaban J connectivity index is 1.80. The van der Waals surface area contributed by atoms with Crippen LogP contribution in [0.1, 0.15) is 33.4 Å². The van der Waals surface area contributed by atoms with Gasteiger partial charge >= 0.3 is 0 Å². The Hall–Kier alpha value is -1.97. The second-order valence-corrected chi connectivity index (χ2v) is 6.32. The first-order chi connectivity index (χ1) is 10.9. The van der Waals surface area contributed by atoms with Crippen molar-refractivity contribution in [2.75, 3.05) is 5.73 Å². The van der Waals surface area contributed by atoms with Gasteiger partial charge in [-0.1, -0.05) is 6.92 Å². The van der Waals surface area contributed by atoms with E-state index >= 15 is 0 Å². The lowest BCUT2D eigenvalue weighted by molar-refractivity contribution is -0.197. The van der Waals surface area contributed by atoms with E-state index in [0.717, 1.165) is 6.42 Å². The topological polar surface area (TPSA) is 117 Å². The van der Waals surface area contributed by atoms with Crippen LogP contribution in [-0.2, 0) is 14.2 Å². The minimum Gasteiger partial charge on any atom is -0.369 e. The van der Waals surface area contributed by atoms with E-state index in [0.29, 0.717) is 11.0 Å². The molecule has 2 fully saturated rings. The smallest absolute Gasteiger partial charge is 0.263 e. The number of hydrogen-bond donors (Lipinski definition) is 2. The van der Waals surface area contributed by atoms with Crippen molar-refractivity contribution in [2.24, 2.45) is 0 Å². The van der Waals surface area contributed by atoms with Crippen LogP contribution in [0.15, 0.2) is 11.0 Å². The predicted molar refractivity (Wildman–Crippen MR) is 80.6 cm³/mol. The highest BCUT2D eigenvalue weighted by molar-refractivity contribution is 5.74. The lowest BCUT2D eigenvalue weighted by Gasteiger charge is -2.24. The molecule has 2 aliphatic rings. The Labute approximate surface area is 131 Å². The molecule has 0 spiro atoms. The maximum Gasteiger partial charge on any atom is 0.263 e. The molecule has 0 aliphatic carbocycles. The second kappa shape index (κ2) is 4.76. The Morgan fingerprint density at radius 2 is 2.13 bits per heavy atom. The van der Waals surface area contributed by atoms with Gasteiger partial charge in [0.25, 0.3) is 5.56 Å². The van der Waals surface area contributed by atoms with Crippen LogP contribution in [0.2, 0.25) is 0 Å². The van der Waals surface area contributed by atoms with Crippen molar-refractivity contribution in [3.8, 4) is 0 Å². The molecule has 9 nitrogen and oxygen atoms in total. The highest BCUT2D eigenvalue weighted by Gasteiger charge is 2.55. The molecule has 0 amide bonds. The fourth-order valence-corrected chi connectivity index (χ4v) is 3.32. The maximum atomic E-state index is 12.0. The van der Waals surface area contributed by atoms with E-state index in [1.807, 2.05) is 20.8 Å². The first-order valence-electron chi connectivity index (χ1n) is 7.64. The SMILES string of the molecule is CC[C@H]1O[C@@H](n2ncc3c(=O)[nH]c(N)nc32)[C@H]2OC(C)(C)OC12. The Bertz CT molecular complexity index is 813. The molecule has 4 heterocycles. The molecular weight excluding hydrogens is 302 g/mol. The zero-order chi connectivity index (χ0) is 16.4. The number of hydrogen-bond acceptors (Lipinski definition) is 7. The monoisotopic (exact) mass is 321 g/mol. The summed E-state index contributed by atoms with van der Waals surface area (Å²) < 4.78 is 19.6. The third-order valence-electron chi connectivity index (χ3n) is 4.25. The molecular formula is C14H19N5O4. The van der Waals surface area contributed by atoms with Crippen LogP contribution in [0.4, 0.5) is 5.95 Å². The Morgan fingerprint density at radius 1 is 1.39 bits per heavy atom. The van der Waals surface area contributed by atoms with E-state index < -0.39 is 12.0 Å². The lowest BCUT2D eigenvalue weighted by Crippen LogP contribution is -2.29. The van der Waals surface area contributed by atoms with Crippen molar-refractivity contribution in [2.45, 2.75) is 57.5 Å². The Morgan fingerprint density at radius 3 is 2.87 bits per heavy atom. The summed E-state index contributed by atoms with van der Waals surface area (Å²) >= 11 is 0. The second-order valence-electron chi connectivity index (χ2n) is 6.32. The number of aromatic nitrogens is 4. The van der Waals surface area contributed by atoms with E-state index in [9.17, 15) is 4.79 Å². The number of nitrogen functional groups attached to an aromatic ring is 1. The van der Waals surface area contributed by atoms with Gasteiger partial charge in [-0.05, 0) is 20.3 Å². The number of ether oxygens (including phenoxy) is 3. The van der Waals surface area contributed by atoms with Gasteiger partial charge < -0.3 is 19.9 Å². The first kappa shape index (κ1) is 14.6. The summed E-state index contributed by atoms with van der Waals surface area (Å²) in [4.78, 5) is 18.6. The molecule has 0 aromatic carbocycles. The summed E-state index contributed by atoms with van der Waals surface area (Å²) in [6.45, 7) is 5.77. The van der Waals surface area contributed by atoms with Crippen LogP contribution in [0, 0.1) is 0 Å². The molecule has 0 bridgehead atoms. The summed E-state index contributed by atoms with van der Waals surface area (Å²) in [7, 11) is 0. The van der Waals surface area contributed by atoms with Gasteiger partial charge in [0.05, 0.1) is 12.3 Å². The quantitative estimate of drug-likeness (QED) is 0.828. The molecule has 124 valence electrons. The molecule has 2 saturated heterocycles. The highest BCUT2D eigenvalue weighted by Crippen LogP contribution is 2.44. The Kier molecular flexibility index (Phi) is 3.03. The van der Waals surface area contributed by atoms with Gasteiger partial charge in [0.1, 0.15) is 17.6 Å². The number of nitrogens with two attached hydrogens (primary N) is 1. The average Bonchev–Trinajstić information content (AvgIpc) is 3.09. The van der Waals surface area contributed by atoms with Gasteiger partial charge in [0, 0.05) is 0 Å². The summed E-state index contributed by atoms with van der Waals surface area (Å²) in [6, 6.07) is 0. The average molecular weight is 321 g/mol. The number of nitrogens with zero attached hydrogens (tertiary/aromatic N) is 3. The third-order valence-corrected chi connectivity index (χ3v) is 4.25. The van der Waals surface area contributed by atoms with E-state index in [1.165, 1.54) is 6.20 Å². The number of anilines is 1. The van der Waals surface area contributed by atoms with Crippen LogP contribution < -0.4 is 11.3 Å². The number of nitrogens with one attached hydrogen (secondary N) is 1. The van der Waals surface area contributed by atoms with E-state index in [-0.39, 0.29) is 29.8 Å². The number of fused-ring (bicyclic) bond motifs is 2. The van der Waals surface area contributed by atoms with Gasteiger partial charge in [0.15, 0.2) is 17.7 Å². The summed E-state index contributed by atoms with van der Waals surface area (Å²) in [5, 5.41) is 4.63. The zero-order valence-electron chi connectivity index (χ0n) is 13.1. The molecule has 23 heavy (non-hydrogen) atoms. The van der Waals surface area contributed by atoms with Gasteiger partial charge in [-0.25, -0.2) is 4.68 Å². The van der Waals surface area contributed by atoms with E-state index in [4.69, 9.17) is 19.9 Å². The third kappa shape index (κ3) is 2.15. The standard InChI is InChI=1S/C14H19N5O4/c1-4-7-8-9(23-14(2,3)22-8)12(21-7)19-10-6(5-16-19)11(20)18-13(15)17-10/h5,7-9,12H,4H2,1-3H3,(H3,15,17,18,20)/t7-,8?,9+,12-/m1/s1. The molecule has 4 atom stereocenters. The van der Waals surface area contributed by atoms with E-state index in [2.05, 4.69) is 15.1 Å². The lowest BCUT2D eigenvalue weighted by atomic mass is 10.1.